The van der Waals surface area contributed by atoms with Gasteiger partial charge in [-0.15, -0.1) is 0 Å². The molecule has 3 fully saturated rings. The number of fused-ring (bicyclic) bond motifs is 5. The summed E-state index contributed by atoms with van der Waals surface area (Å²) in [5.41, 5.74) is -5.76. The molecule has 7 atom stereocenters. The largest absolute Gasteiger partial charge is 0.508 e. The van der Waals surface area contributed by atoms with E-state index < -0.39 is 52.0 Å². The summed E-state index contributed by atoms with van der Waals surface area (Å²) in [7, 11) is 0. The molecule has 3 saturated carbocycles. The lowest BCUT2D eigenvalue weighted by Gasteiger charge is -2.62. The molecule has 2 aromatic carbocycles. The van der Waals surface area contributed by atoms with Crippen LogP contribution in [0.4, 0.5) is 4.39 Å². The summed E-state index contributed by atoms with van der Waals surface area (Å²) in [5.74, 6) is -2.72. The van der Waals surface area contributed by atoms with E-state index in [0.717, 1.165) is 0 Å². The number of aliphatic hydroxyl groups excluding tert-OH is 1. The molecule has 42 heavy (non-hydrogen) atoms. The minimum Gasteiger partial charge on any atom is -0.508 e. The van der Waals surface area contributed by atoms with Gasteiger partial charge in [0.15, 0.2) is 11.5 Å². The van der Waals surface area contributed by atoms with Crippen LogP contribution in [-0.4, -0.2) is 50.4 Å². The number of carbonyl (C=O) groups excluding carboxylic acids is 2. The normalized spacial score (nSPS) is 36.7. The van der Waals surface area contributed by atoms with Crippen LogP contribution in [0.15, 0.2) is 72.3 Å². The summed E-state index contributed by atoms with van der Waals surface area (Å²) in [6, 6.07) is 12.2. The van der Waals surface area contributed by atoms with Crippen LogP contribution in [-0.2, 0) is 14.3 Å². The monoisotopic (exact) mass is 576 g/mol. The molecule has 0 unspecified atom stereocenters. The molecule has 0 spiro atoms. The zero-order chi connectivity index (χ0) is 30.1. The van der Waals surface area contributed by atoms with E-state index in [-0.39, 0.29) is 29.9 Å². The van der Waals surface area contributed by atoms with E-state index >= 15 is 4.39 Å². The van der Waals surface area contributed by atoms with E-state index in [4.69, 9.17) is 9.47 Å². The number of hydrogen-bond acceptors (Lipinski definition) is 7. The van der Waals surface area contributed by atoms with E-state index in [9.17, 15) is 29.7 Å². The molecule has 9 heteroatoms. The molecule has 4 aliphatic rings. The molecule has 0 bridgehead atoms. The molecule has 0 aliphatic heterocycles. The van der Waals surface area contributed by atoms with Crippen LogP contribution in [0.1, 0.15) is 56.3 Å². The Morgan fingerprint density at radius 1 is 1.02 bits per heavy atom. The van der Waals surface area contributed by atoms with Crippen molar-refractivity contribution in [3.05, 3.63) is 77.9 Å². The molecule has 0 aromatic heterocycles. The molecule has 0 saturated heterocycles. The molecule has 0 amide bonds. The topological polar surface area (TPSA) is 130 Å². The number of allylic oxidation sites excluding steroid dienone is 4. The highest BCUT2D eigenvalue weighted by atomic mass is 19.1. The first kappa shape index (κ1) is 28.2. The Kier molecular flexibility index (Phi) is 6.38. The Balaban J connectivity index is 1.28. The zero-order valence-corrected chi connectivity index (χ0v) is 23.4. The highest BCUT2D eigenvalue weighted by molar-refractivity contribution is 6.01. The third kappa shape index (κ3) is 3.86. The number of carboxylic acid groups (broad SMARTS) is 1. The summed E-state index contributed by atoms with van der Waals surface area (Å²) >= 11 is 0. The fourth-order valence-electron chi connectivity index (χ4n) is 8.32. The molecule has 220 valence electrons. The summed E-state index contributed by atoms with van der Waals surface area (Å²) < 4.78 is 28.9. The van der Waals surface area contributed by atoms with Crippen LogP contribution in [0.25, 0.3) is 0 Å². The number of phenols is 1. The van der Waals surface area contributed by atoms with Crippen LogP contribution < -0.4 is 4.74 Å². The molecule has 3 N–H and O–H groups in total. The summed E-state index contributed by atoms with van der Waals surface area (Å²) in [6.45, 7) is 3.39. The standard InChI is InChI=1S/C33H33FO8/c1-30-14-12-22(36)16-20(30)8-11-26-25-13-15-32(29(39)40,31(25,2)18-27(37)33(26,30)34)42-28(38)19-6-9-23(10-7-19)41-24-5-3-4-21(35)17-24/h3-7,9-10,12,14,16-17,25-27,35,37H,8,11,13,15,18H2,1-2H3,(H,39,40)/t25-,26-,27-,30-,31-,32-,33-/m0/s1. The van der Waals surface area contributed by atoms with Gasteiger partial charge in [-0.3, -0.25) is 4.79 Å². The fraction of sp³-hybridized carbons (Fsp3) is 0.424. The molecular weight excluding hydrogens is 543 g/mol. The van der Waals surface area contributed by atoms with Gasteiger partial charge in [-0.2, -0.15) is 0 Å². The van der Waals surface area contributed by atoms with Crippen molar-refractivity contribution in [3.8, 4) is 17.2 Å². The van der Waals surface area contributed by atoms with Gasteiger partial charge in [0.05, 0.1) is 11.7 Å². The SMILES string of the molecule is C[C@]12C=CC(=O)C=C1CC[C@H]1[C@@H]3CC[C@](OC(=O)c4ccc(Oc5cccc(O)c5)cc4)(C(=O)O)[C@@]3(C)C[C@H](O)[C@@]12F. The summed E-state index contributed by atoms with van der Waals surface area (Å²) in [4.78, 5) is 38.4. The van der Waals surface area contributed by atoms with Gasteiger partial charge in [0.2, 0.25) is 5.60 Å². The number of alkyl halides is 1. The van der Waals surface area contributed by atoms with Gasteiger partial charge in [0.25, 0.3) is 0 Å². The third-order valence-corrected chi connectivity index (χ3v) is 10.5. The minimum absolute atomic E-state index is 0.0129. The summed E-state index contributed by atoms with van der Waals surface area (Å²) in [5, 5.41) is 31.7. The second-order valence-corrected chi connectivity index (χ2v) is 12.4. The Morgan fingerprint density at radius 2 is 1.76 bits per heavy atom. The molecule has 2 aromatic rings. The summed E-state index contributed by atoms with van der Waals surface area (Å²) in [6.07, 6.45) is 3.69. The van der Waals surface area contributed by atoms with Crippen LogP contribution >= 0.6 is 0 Å². The Hall–Kier alpha value is -3.98. The number of rotatable bonds is 5. The number of ketones is 1. The number of aliphatic carboxylic acids is 1. The quantitative estimate of drug-likeness (QED) is 0.396. The van der Waals surface area contributed by atoms with Crippen molar-refractivity contribution in [2.45, 2.75) is 63.3 Å². The number of halogens is 1. The number of aromatic hydroxyl groups is 1. The van der Waals surface area contributed by atoms with Gasteiger partial charge < -0.3 is 24.8 Å². The highest BCUT2D eigenvalue weighted by Crippen LogP contribution is 2.70. The maximum Gasteiger partial charge on any atom is 0.348 e. The van der Waals surface area contributed by atoms with E-state index in [1.54, 1.807) is 32.1 Å². The lowest BCUT2D eigenvalue weighted by atomic mass is 9.45. The Labute approximate surface area is 242 Å². The van der Waals surface area contributed by atoms with Gasteiger partial charge >= 0.3 is 11.9 Å². The first-order valence-electron chi connectivity index (χ1n) is 14.2. The Morgan fingerprint density at radius 3 is 2.45 bits per heavy atom. The smallest absolute Gasteiger partial charge is 0.348 e. The molecule has 0 heterocycles. The predicted molar refractivity (Wildman–Crippen MR) is 149 cm³/mol. The molecule has 8 nitrogen and oxygen atoms in total. The van der Waals surface area contributed by atoms with Gasteiger partial charge in [0.1, 0.15) is 17.2 Å². The van der Waals surface area contributed by atoms with Crippen LogP contribution in [0.2, 0.25) is 0 Å². The van der Waals surface area contributed by atoms with Crippen molar-refractivity contribution in [2.24, 2.45) is 22.7 Å². The number of benzene rings is 2. The van der Waals surface area contributed by atoms with E-state index in [1.807, 2.05) is 0 Å². The molecular formula is C33H33FO8. The lowest BCUT2D eigenvalue weighted by molar-refractivity contribution is -0.222. The van der Waals surface area contributed by atoms with Crippen LogP contribution in [0, 0.1) is 22.7 Å². The first-order chi connectivity index (χ1) is 19.8. The van der Waals surface area contributed by atoms with E-state index in [0.29, 0.717) is 36.3 Å². The molecule has 4 aliphatic carbocycles. The van der Waals surface area contributed by atoms with Crippen molar-refractivity contribution >= 4 is 17.7 Å². The number of carboxylic acids is 1. The van der Waals surface area contributed by atoms with E-state index in [2.05, 4.69) is 0 Å². The third-order valence-electron chi connectivity index (χ3n) is 10.5. The average Bonchev–Trinajstić information content (AvgIpc) is 3.22. The highest BCUT2D eigenvalue weighted by Gasteiger charge is 2.76. The maximum absolute atomic E-state index is 17.3. The van der Waals surface area contributed by atoms with Crippen molar-refractivity contribution < 1.29 is 43.6 Å². The number of aliphatic hydroxyl groups is 1. The van der Waals surface area contributed by atoms with Gasteiger partial charge in [-0.05, 0) is 93.5 Å². The number of phenolic OH excluding ortho intramolecular Hbond substituents is 1. The van der Waals surface area contributed by atoms with Crippen molar-refractivity contribution in [1.29, 1.82) is 0 Å². The molecule has 0 radical (unpaired) electrons. The molecule has 6 rings (SSSR count). The van der Waals surface area contributed by atoms with Crippen molar-refractivity contribution in [3.63, 3.8) is 0 Å². The first-order valence-corrected chi connectivity index (χ1v) is 14.2. The number of ether oxygens (including phenoxy) is 2. The van der Waals surface area contributed by atoms with Crippen LogP contribution in [0.5, 0.6) is 17.2 Å². The predicted octanol–water partition coefficient (Wildman–Crippen LogP) is 5.54. The van der Waals surface area contributed by atoms with Gasteiger partial charge in [-0.25, -0.2) is 14.0 Å². The van der Waals surface area contributed by atoms with Crippen molar-refractivity contribution in [2.75, 3.05) is 0 Å². The lowest BCUT2D eigenvalue weighted by Crippen LogP contribution is -2.69. The Bertz CT molecular complexity index is 1530. The fourth-order valence-corrected chi connectivity index (χ4v) is 8.32. The second kappa shape index (κ2) is 9.52. The maximum atomic E-state index is 17.3. The zero-order valence-electron chi connectivity index (χ0n) is 23.4. The van der Waals surface area contributed by atoms with Gasteiger partial charge in [0, 0.05) is 22.8 Å². The van der Waals surface area contributed by atoms with Gasteiger partial charge in [-0.1, -0.05) is 24.6 Å². The number of hydrogen-bond donors (Lipinski definition) is 3. The second-order valence-electron chi connectivity index (χ2n) is 12.4. The van der Waals surface area contributed by atoms with E-state index in [1.165, 1.54) is 48.6 Å². The average molecular weight is 577 g/mol. The van der Waals surface area contributed by atoms with Crippen molar-refractivity contribution in [1.82, 2.24) is 0 Å². The van der Waals surface area contributed by atoms with Crippen LogP contribution in [0.3, 0.4) is 0 Å². The number of carbonyl (C=O) groups is 3. The minimum atomic E-state index is -2.11. The number of esters is 1.